The normalized spacial score (nSPS) is 10.9. The number of carbonyl (C=O) groups is 1. The predicted molar refractivity (Wildman–Crippen MR) is 117 cm³/mol. The summed E-state index contributed by atoms with van der Waals surface area (Å²) in [6.45, 7) is 0. The molecule has 0 radical (unpaired) electrons. The summed E-state index contributed by atoms with van der Waals surface area (Å²) in [7, 11) is 1.61. The lowest BCUT2D eigenvalue weighted by molar-refractivity contribution is 0.102. The molecule has 0 N–H and O–H groups in total. The Morgan fingerprint density at radius 3 is 2.57 bits per heavy atom. The van der Waals surface area contributed by atoms with Crippen molar-refractivity contribution in [1.29, 1.82) is 0 Å². The molecule has 2 heterocycles. The van der Waals surface area contributed by atoms with Gasteiger partial charge in [0.15, 0.2) is 16.7 Å². The lowest BCUT2D eigenvalue weighted by Crippen LogP contribution is -2.05. The zero-order chi connectivity index (χ0) is 21.1. The van der Waals surface area contributed by atoms with E-state index in [4.69, 9.17) is 32.4 Å². The number of nitrogens with zero attached hydrogens (tertiary/aromatic N) is 3. The van der Waals surface area contributed by atoms with Crippen molar-refractivity contribution in [2.45, 2.75) is 5.16 Å². The van der Waals surface area contributed by atoms with Crippen LogP contribution in [0.3, 0.4) is 0 Å². The van der Waals surface area contributed by atoms with Crippen LogP contribution in [0.2, 0.25) is 10.0 Å². The van der Waals surface area contributed by atoms with Gasteiger partial charge in [0.2, 0.25) is 5.82 Å². The van der Waals surface area contributed by atoms with Gasteiger partial charge in [-0.25, -0.2) is 0 Å². The Morgan fingerprint density at radius 2 is 1.90 bits per heavy atom. The number of hydrogen-bond donors (Lipinski definition) is 0. The average molecular weight is 460 g/mol. The Bertz CT molecular complexity index is 1170. The molecule has 2 aromatic heterocycles. The van der Waals surface area contributed by atoms with Crippen LogP contribution in [0, 0.1) is 0 Å². The Morgan fingerprint density at radius 1 is 1.10 bits per heavy atom. The molecule has 6 nitrogen and oxygen atoms in total. The Labute approximate surface area is 186 Å². The minimum absolute atomic E-state index is 0.0950. The monoisotopic (exact) mass is 459 g/mol. The van der Waals surface area contributed by atoms with Gasteiger partial charge in [-0.05, 0) is 54.6 Å². The molecule has 0 saturated heterocycles. The lowest BCUT2D eigenvalue weighted by atomic mass is 10.1. The summed E-state index contributed by atoms with van der Waals surface area (Å²) in [4.78, 5) is 12.6. The highest BCUT2D eigenvalue weighted by Gasteiger charge is 2.19. The minimum atomic E-state index is -0.0950. The molecular formula is C21H15Cl2N3O3S. The molecular weight excluding hydrogens is 445 g/mol. The molecule has 0 spiro atoms. The smallest absolute Gasteiger partial charge is 0.205 e. The summed E-state index contributed by atoms with van der Waals surface area (Å²) in [5.74, 6) is 1.90. The molecule has 0 unspecified atom stereocenters. The SMILES string of the molecule is COc1ccc(-n2c(SCC(=O)c3ccc(Cl)c(Cl)c3)nnc2-c2ccco2)cc1. The number of thioether (sulfide) groups is 1. The van der Waals surface area contributed by atoms with Crippen LogP contribution in [0.5, 0.6) is 5.75 Å². The summed E-state index contributed by atoms with van der Waals surface area (Å²) in [5.41, 5.74) is 1.30. The molecule has 4 rings (SSSR count). The van der Waals surface area contributed by atoms with Crippen molar-refractivity contribution in [3.05, 3.63) is 76.5 Å². The number of halogens is 2. The number of hydrogen-bond acceptors (Lipinski definition) is 6. The van der Waals surface area contributed by atoms with Crippen molar-refractivity contribution < 1.29 is 13.9 Å². The molecule has 0 aliphatic heterocycles. The zero-order valence-corrected chi connectivity index (χ0v) is 18.0. The van der Waals surface area contributed by atoms with E-state index >= 15 is 0 Å². The number of benzene rings is 2. The van der Waals surface area contributed by atoms with Crippen molar-refractivity contribution >= 4 is 40.7 Å². The molecule has 0 bridgehead atoms. The third kappa shape index (κ3) is 4.23. The molecule has 152 valence electrons. The second kappa shape index (κ2) is 8.95. The van der Waals surface area contributed by atoms with Crippen LogP contribution in [0.1, 0.15) is 10.4 Å². The van der Waals surface area contributed by atoms with Gasteiger partial charge in [-0.2, -0.15) is 0 Å². The minimum Gasteiger partial charge on any atom is -0.497 e. The summed E-state index contributed by atoms with van der Waals surface area (Å²) >= 11 is 13.2. The third-order valence-corrected chi connectivity index (χ3v) is 5.95. The number of rotatable bonds is 7. The quantitative estimate of drug-likeness (QED) is 0.256. The van der Waals surface area contributed by atoms with Crippen molar-refractivity contribution in [1.82, 2.24) is 14.8 Å². The number of ether oxygens (including phenoxy) is 1. The highest BCUT2D eigenvalue weighted by molar-refractivity contribution is 7.99. The zero-order valence-electron chi connectivity index (χ0n) is 15.7. The van der Waals surface area contributed by atoms with Crippen molar-refractivity contribution in [3.63, 3.8) is 0 Å². The van der Waals surface area contributed by atoms with Crippen LogP contribution in [-0.4, -0.2) is 33.4 Å². The van der Waals surface area contributed by atoms with Crippen molar-refractivity contribution in [2.75, 3.05) is 12.9 Å². The molecule has 30 heavy (non-hydrogen) atoms. The van der Waals surface area contributed by atoms with Gasteiger partial charge in [0.1, 0.15) is 5.75 Å². The van der Waals surface area contributed by atoms with E-state index in [-0.39, 0.29) is 11.5 Å². The van der Waals surface area contributed by atoms with Gasteiger partial charge in [0.05, 0.1) is 34.9 Å². The fourth-order valence-corrected chi connectivity index (χ4v) is 3.92. The summed E-state index contributed by atoms with van der Waals surface area (Å²) in [6.07, 6.45) is 1.57. The first-order valence-electron chi connectivity index (χ1n) is 8.81. The van der Waals surface area contributed by atoms with Gasteiger partial charge in [0, 0.05) is 5.56 Å². The van der Waals surface area contributed by atoms with E-state index in [0.29, 0.717) is 32.3 Å². The molecule has 0 fully saturated rings. The van der Waals surface area contributed by atoms with Crippen LogP contribution in [0.25, 0.3) is 17.3 Å². The van der Waals surface area contributed by atoms with Gasteiger partial charge >= 0.3 is 0 Å². The average Bonchev–Trinajstić information content (AvgIpc) is 3.43. The Hall–Kier alpha value is -2.74. The molecule has 0 atom stereocenters. The van der Waals surface area contributed by atoms with E-state index in [1.165, 1.54) is 11.8 Å². The molecule has 0 aliphatic carbocycles. The highest BCUT2D eigenvalue weighted by atomic mass is 35.5. The maximum Gasteiger partial charge on any atom is 0.205 e. The fourth-order valence-electron chi connectivity index (χ4n) is 2.78. The van der Waals surface area contributed by atoms with E-state index in [0.717, 1.165) is 11.4 Å². The molecule has 0 amide bonds. The summed E-state index contributed by atoms with van der Waals surface area (Å²) in [6, 6.07) is 15.9. The molecule has 2 aromatic carbocycles. The second-order valence-corrected chi connectivity index (χ2v) is 7.91. The first kappa shape index (κ1) is 20.5. The van der Waals surface area contributed by atoms with Crippen molar-refractivity contribution in [3.8, 4) is 23.0 Å². The Balaban J connectivity index is 1.64. The van der Waals surface area contributed by atoms with E-state index in [1.807, 2.05) is 28.8 Å². The largest absolute Gasteiger partial charge is 0.497 e. The van der Waals surface area contributed by atoms with E-state index in [9.17, 15) is 4.79 Å². The van der Waals surface area contributed by atoms with Crippen LogP contribution in [-0.2, 0) is 0 Å². The van der Waals surface area contributed by atoms with Gasteiger partial charge in [-0.3, -0.25) is 9.36 Å². The fraction of sp³-hybridized carbons (Fsp3) is 0.0952. The van der Waals surface area contributed by atoms with Gasteiger partial charge < -0.3 is 9.15 Å². The maximum absolute atomic E-state index is 12.6. The van der Waals surface area contributed by atoms with Gasteiger partial charge in [-0.15, -0.1) is 10.2 Å². The number of methoxy groups -OCH3 is 1. The van der Waals surface area contributed by atoms with Gasteiger partial charge in [-0.1, -0.05) is 35.0 Å². The molecule has 9 heteroatoms. The number of aromatic nitrogens is 3. The summed E-state index contributed by atoms with van der Waals surface area (Å²) < 4.78 is 12.6. The third-order valence-electron chi connectivity index (χ3n) is 4.28. The number of carbonyl (C=O) groups excluding carboxylic acids is 1. The highest BCUT2D eigenvalue weighted by Crippen LogP contribution is 2.30. The summed E-state index contributed by atoms with van der Waals surface area (Å²) in [5, 5.41) is 9.85. The maximum atomic E-state index is 12.6. The van der Waals surface area contributed by atoms with Crippen LogP contribution in [0.15, 0.2) is 70.4 Å². The topological polar surface area (TPSA) is 70.2 Å². The number of ketones is 1. The van der Waals surface area contributed by atoms with E-state index in [2.05, 4.69) is 10.2 Å². The number of furan rings is 1. The first-order chi connectivity index (χ1) is 14.6. The van der Waals surface area contributed by atoms with Crippen LogP contribution < -0.4 is 4.74 Å². The first-order valence-corrected chi connectivity index (χ1v) is 10.6. The standard InChI is InChI=1S/C21H15Cl2N3O3S/c1-28-15-7-5-14(6-8-15)26-20(19-3-2-10-29-19)24-25-21(26)30-12-18(27)13-4-9-16(22)17(23)11-13/h2-11H,12H2,1H3. The lowest BCUT2D eigenvalue weighted by Gasteiger charge is -2.10. The predicted octanol–water partition coefficient (Wildman–Crippen LogP) is 5.82. The molecule has 4 aromatic rings. The molecule has 0 aliphatic rings. The van der Waals surface area contributed by atoms with Crippen molar-refractivity contribution in [2.24, 2.45) is 0 Å². The number of Topliss-reactive ketones (excluding diaryl/α,β-unsaturated/α-hetero) is 1. The molecule has 0 saturated carbocycles. The second-order valence-electron chi connectivity index (χ2n) is 6.16. The van der Waals surface area contributed by atoms with Gasteiger partial charge in [0.25, 0.3) is 0 Å². The Kier molecular flexibility index (Phi) is 6.13. The van der Waals surface area contributed by atoms with E-state index in [1.54, 1.807) is 43.7 Å². The van der Waals surface area contributed by atoms with Crippen LogP contribution in [0.4, 0.5) is 0 Å². The van der Waals surface area contributed by atoms with Crippen LogP contribution >= 0.6 is 35.0 Å². The van der Waals surface area contributed by atoms with E-state index < -0.39 is 0 Å².